The molecule has 0 saturated heterocycles. The molecule has 0 aliphatic carbocycles. The summed E-state index contributed by atoms with van der Waals surface area (Å²) in [6.07, 6.45) is 0. The number of carbonyl (C=O) groups is 1. The van der Waals surface area contributed by atoms with Gasteiger partial charge >= 0.3 is 0 Å². The summed E-state index contributed by atoms with van der Waals surface area (Å²) in [7, 11) is 3.57. The third kappa shape index (κ3) is 3.83. The Labute approximate surface area is 86.9 Å². The van der Waals surface area contributed by atoms with Crippen LogP contribution in [0.5, 0.6) is 0 Å². The van der Waals surface area contributed by atoms with E-state index in [4.69, 9.17) is 0 Å². The summed E-state index contributed by atoms with van der Waals surface area (Å²) >= 11 is 3.40. The van der Waals surface area contributed by atoms with Crippen LogP contribution in [0.25, 0.3) is 0 Å². The van der Waals surface area contributed by atoms with Gasteiger partial charge in [-0.1, -0.05) is 6.07 Å². The van der Waals surface area contributed by atoms with E-state index >= 15 is 0 Å². The predicted molar refractivity (Wildman–Crippen MR) is 59.2 cm³/mol. The topological polar surface area (TPSA) is 20.3 Å². The predicted octanol–water partition coefficient (Wildman–Crippen LogP) is 2.07. The fraction of sp³-hybridized carbons (Fsp3) is 0.444. The Bertz CT molecular complexity index is 257. The van der Waals surface area contributed by atoms with Crippen LogP contribution in [0.15, 0.2) is 17.5 Å². The minimum absolute atomic E-state index is 0.182. The van der Waals surface area contributed by atoms with Crippen molar-refractivity contribution in [2.24, 2.45) is 0 Å². The molecule has 72 valence electrons. The maximum absolute atomic E-state index is 11.2. The van der Waals surface area contributed by atoms with E-state index in [2.05, 4.69) is 11.4 Å². The SMILES string of the molecule is CN(C)C(=O)CSCc1cccs1. The molecule has 0 aromatic carbocycles. The number of rotatable bonds is 4. The molecule has 0 fully saturated rings. The van der Waals surface area contributed by atoms with E-state index in [-0.39, 0.29) is 5.91 Å². The Morgan fingerprint density at radius 1 is 1.62 bits per heavy atom. The molecule has 0 spiro atoms. The zero-order valence-electron chi connectivity index (χ0n) is 7.82. The van der Waals surface area contributed by atoms with Gasteiger partial charge in [-0.25, -0.2) is 0 Å². The molecule has 13 heavy (non-hydrogen) atoms. The lowest BCUT2D eigenvalue weighted by atomic mass is 10.5. The van der Waals surface area contributed by atoms with Crippen molar-refractivity contribution in [3.63, 3.8) is 0 Å². The fourth-order valence-electron chi connectivity index (χ4n) is 0.763. The Morgan fingerprint density at radius 2 is 2.38 bits per heavy atom. The third-order valence-electron chi connectivity index (χ3n) is 1.55. The highest BCUT2D eigenvalue weighted by Gasteiger charge is 2.03. The molecule has 1 rings (SSSR count). The van der Waals surface area contributed by atoms with Gasteiger partial charge in [0.25, 0.3) is 0 Å². The molecule has 0 N–H and O–H groups in total. The molecule has 1 amide bonds. The summed E-state index contributed by atoms with van der Waals surface area (Å²) < 4.78 is 0. The largest absolute Gasteiger partial charge is 0.348 e. The van der Waals surface area contributed by atoms with Gasteiger partial charge in [-0.3, -0.25) is 4.79 Å². The molecule has 0 radical (unpaired) electrons. The third-order valence-corrected chi connectivity index (χ3v) is 3.57. The minimum Gasteiger partial charge on any atom is -0.348 e. The van der Waals surface area contributed by atoms with E-state index in [0.29, 0.717) is 5.75 Å². The first-order valence-electron chi connectivity index (χ1n) is 4.00. The van der Waals surface area contributed by atoms with E-state index < -0.39 is 0 Å². The van der Waals surface area contributed by atoms with Crippen molar-refractivity contribution in [2.45, 2.75) is 5.75 Å². The van der Waals surface area contributed by atoms with Crippen molar-refractivity contribution in [2.75, 3.05) is 19.8 Å². The number of amides is 1. The molecule has 0 unspecified atom stereocenters. The molecule has 0 aliphatic rings. The Balaban J connectivity index is 2.18. The summed E-state index contributed by atoms with van der Waals surface area (Å²) in [5.41, 5.74) is 0. The number of hydrogen-bond acceptors (Lipinski definition) is 3. The van der Waals surface area contributed by atoms with Crippen LogP contribution < -0.4 is 0 Å². The molecule has 0 bridgehead atoms. The van der Waals surface area contributed by atoms with E-state index in [1.807, 2.05) is 6.07 Å². The van der Waals surface area contributed by atoms with Crippen LogP contribution in [0.1, 0.15) is 4.88 Å². The normalized spacial score (nSPS) is 10.0. The zero-order valence-corrected chi connectivity index (χ0v) is 9.45. The summed E-state index contributed by atoms with van der Waals surface area (Å²) in [5, 5.41) is 2.06. The molecule has 1 aromatic rings. The van der Waals surface area contributed by atoms with Gasteiger partial charge in [-0.05, 0) is 11.4 Å². The lowest BCUT2D eigenvalue weighted by Crippen LogP contribution is -2.23. The van der Waals surface area contributed by atoms with E-state index in [0.717, 1.165) is 5.75 Å². The number of carbonyl (C=O) groups excluding carboxylic acids is 1. The van der Waals surface area contributed by atoms with Crippen molar-refractivity contribution in [3.05, 3.63) is 22.4 Å². The van der Waals surface area contributed by atoms with Crippen molar-refractivity contribution >= 4 is 29.0 Å². The van der Waals surface area contributed by atoms with E-state index in [1.165, 1.54) is 4.88 Å². The Kier molecular flexibility index (Phi) is 4.32. The standard InChI is InChI=1S/C9H13NOS2/c1-10(2)9(11)7-12-6-8-4-3-5-13-8/h3-5H,6-7H2,1-2H3. The van der Waals surface area contributed by atoms with Gasteiger partial charge in [-0.2, -0.15) is 0 Å². The molecular formula is C9H13NOS2. The number of nitrogens with zero attached hydrogens (tertiary/aromatic N) is 1. The van der Waals surface area contributed by atoms with Crippen molar-refractivity contribution in [1.29, 1.82) is 0 Å². The molecule has 0 aliphatic heterocycles. The van der Waals surface area contributed by atoms with Gasteiger partial charge in [0.15, 0.2) is 0 Å². The van der Waals surface area contributed by atoms with Gasteiger partial charge in [0.1, 0.15) is 0 Å². The monoisotopic (exact) mass is 215 g/mol. The van der Waals surface area contributed by atoms with Crippen LogP contribution in [0.3, 0.4) is 0 Å². The Hall–Kier alpha value is -0.480. The van der Waals surface area contributed by atoms with E-state index in [1.54, 1.807) is 42.1 Å². The summed E-state index contributed by atoms with van der Waals surface area (Å²) in [6, 6.07) is 4.13. The van der Waals surface area contributed by atoms with E-state index in [9.17, 15) is 4.79 Å². The van der Waals surface area contributed by atoms with Gasteiger partial charge < -0.3 is 4.90 Å². The molecule has 4 heteroatoms. The molecule has 1 aromatic heterocycles. The average Bonchev–Trinajstić information content (AvgIpc) is 2.56. The molecule has 2 nitrogen and oxygen atoms in total. The fourth-order valence-corrected chi connectivity index (χ4v) is 2.61. The lowest BCUT2D eigenvalue weighted by molar-refractivity contribution is -0.125. The maximum Gasteiger partial charge on any atom is 0.232 e. The first-order chi connectivity index (χ1) is 6.20. The highest BCUT2D eigenvalue weighted by Crippen LogP contribution is 2.16. The maximum atomic E-state index is 11.2. The first kappa shape index (κ1) is 10.6. The van der Waals surface area contributed by atoms with Crippen LogP contribution in [0.2, 0.25) is 0 Å². The zero-order chi connectivity index (χ0) is 9.68. The van der Waals surface area contributed by atoms with Crippen molar-refractivity contribution in [3.8, 4) is 0 Å². The minimum atomic E-state index is 0.182. The molecule has 0 atom stereocenters. The van der Waals surface area contributed by atoms with Crippen LogP contribution in [0.4, 0.5) is 0 Å². The second kappa shape index (κ2) is 5.29. The number of hydrogen-bond donors (Lipinski definition) is 0. The Morgan fingerprint density at radius 3 is 2.92 bits per heavy atom. The highest BCUT2D eigenvalue weighted by molar-refractivity contribution is 7.99. The van der Waals surface area contributed by atoms with Gasteiger partial charge in [0.05, 0.1) is 5.75 Å². The second-order valence-corrected chi connectivity index (χ2v) is 4.88. The summed E-state index contributed by atoms with van der Waals surface area (Å²) in [5.74, 6) is 1.70. The van der Waals surface area contributed by atoms with Crippen LogP contribution in [-0.4, -0.2) is 30.7 Å². The molecule has 1 heterocycles. The summed E-state index contributed by atoms with van der Waals surface area (Å²) in [6.45, 7) is 0. The second-order valence-electron chi connectivity index (χ2n) is 2.86. The first-order valence-corrected chi connectivity index (χ1v) is 6.04. The average molecular weight is 215 g/mol. The van der Waals surface area contributed by atoms with Gasteiger partial charge in [0.2, 0.25) is 5.91 Å². The number of thiophene rings is 1. The molecular weight excluding hydrogens is 202 g/mol. The van der Waals surface area contributed by atoms with Crippen molar-refractivity contribution < 1.29 is 4.79 Å². The van der Waals surface area contributed by atoms with Crippen LogP contribution >= 0.6 is 23.1 Å². The van der Waals surface area contributed by atoms with Gasteiger partial charge in [0, 0.05) is 24.7 Å². The highest BCUT2D eigenvalue weighted by atomic mass is 32.2. The summed E-state index contributed by atoms with van der Waals surface area (Å²) in [4.78, 5) is 14.1. The molecule has 0 saturated carbocycles. The quantitative estimate of drug-likeness (QED) is 0.766. The smallest absolute Gasteiger partial charge is 0.232 e. The van der Waals surface area contributed by atoms with Gasteiger partial charge in [-0.15, -0.1) is 23.1 Å². The van der Waals surface area contributed by atoms with Crippen molar-refractivity contribution in [1.82, 2.24) is 4.90 Å². The lowest BCUT2D eigenvalue weighted by Gasteiger charge is -2.08. The van der Waals surface area contributed by atoms with Crippen LogP contribution in [0, 0.1) is 0 Å². The number of thioether (sulfide) groups is 1. The van der Waals surface area contributed by atoms with Crippen LogP contribution in [-0.2, 0) is 10.5 Å².